The van der Waals surface area contributed by atoms with Gasteiger partial charge in [-0.3, -0.25) is 0 Å². The number of hydrogen-bond donors (Lipinski definition) is 0. The quantitative estimate of drug-likeness (QED) is 0.788. The average Bonchev–Trinajstić information content (AvgIpc) is 2.73. The van der Waals surface area contributed by atoms with Gasteiger partial charge in [-0.2, -0.15) is 0 Å². The van der Waals surface area contributed by atoms with Gasteiger partial charge in [0.2, 0.25) is 0 Å². The largest absolute Gasteiger partial charge is 0.462 e. The number of aromatic nitrogens is 1. The fourth-order valence-electron chi connectivity index (χ4n) is 1.50. The van der Waals surface area contributed by atoms with Gasteiger partial charge >= 0.3 is 5.97 Å². The van der Waals surface area contributed by atoms with Gasteiger partial charge in [-0.25, -0.2) is 9.78 Å². The molecule has 1 aromatic heterocycles. The van der Waals surface area contributed by atoms with E-state index < -0.39 is 5.97 Å². The molecule has 17 heavy (non-hydrogen) atoms. The zero-order valence-corrected chi connectivity index (χ0v) is 11.0. The Morgan fingerprint density at radius 3 is 2.94 bits per heavy atom. The van der Waals surface area contributed by atoms with E-state index in [9.17, 15) is 4.79 Å². The van der Waals surface area contributed by atoms with E-state index in [0.717, 1.165) is 18.2 Å². The molecule has 0 aliphatic carbocycles. The first-order valence-electron chi connectivity index (χ1n) is 5.38. The lowest BCUT2D eigenvalue weighted by molar-refractivity contribution is 0.0532. The number of anilines is 1. The summed E-state index contributed by atoms with van der Waals surface area (Å²) in [6, 6.07) is 0. The van der Waals surface area contributed by atoms with Gasteiger partial charge in [0.1, 0.15) is 0 Å². The number of ether oxygens (including phenoxy) is 2. The van der Waals surface area contributed by atoms with Gasteiger partial charge < -0.3 is 14.4 Å². The normalized spacial score (nSPS) is 16.0. The predicted octanol–water partition coefficient (Wildman–Crippen LogP) is 1.81. The van der Waals surface area contributed by atoms with Crippen LogP contribution in [-0.2, 0) is 9.47 Å². The molecule has 2 heterocycles. The number of morpholine rings is 1. The van der Waals surface area contributed by atoms with Gasteiger partial charge in [-0.1, -0.05) is 22.9 Å². The molecule has 0 bridgehead atoms. The van der Waals surface area contributed by atoms with E-state index in [1.165, 1.54) is 11.3 Å². The molecule has 0 atom stereocenters. The molecule has 0 N–H and O–H groups in total. The van der Waals surface area contributed by atoms with Crippen molar-refractivity contribution in [3.05, 3.63) is 10.0 Å². The van der Waals surface area contributed by atoms with Crippen molar-refractivity contribution in [2.75, 3.05) is 37.8 Å². The molecule has 0 saturated carbocycles. The van der Waals surface area contributed by atoms with Crippen molar-refractivity contribution < 1.29 is 14.3 Å². The molecule has 0 aromatic carbocycles. The number of thiazole rings is 1. The standard InChI is InChI=1S/C10H13ClN2O3S/c1-2-16-9(14)7-8(11)12-10(17-7)13-3-5-15-6-4-13/h2-6H2,1H3. The van der Waals surface area contributed by atoms with Crippen molar-refractivity contribution in [3.8, 4) is 0 Å². The molecule has 94 valence electrons. The van der Waals surface area contributed by atoms with Crippen LogP contribution in [-0.4, -0.2) is 43.9 Å². The van der Waals surface area contributed by atoms with E-state index in [4.69, 9.17) is 21.1 Å². The van der Waals surface area contributed by atoms with Gasteiger partial charge in [0, 0.05) is 13.1 Å². The van der Waals surface area contributed by atoms with Crippen LogP contribution in [0.1, 0.15) is 16.6 Å². The van der Waals surface area contributed by atoms with Crippen LogP contribution in [0.5, 0.6) is 0 Å². The van der Waals surface area contributed by atoms with E-state index in [-0.39, 0.29) is 5.15 Å². The maximum Gasteiger partial charge on any atom is 0.351 e. The number of halogens is 1. The van der Waals surface area contributed by atoms with E-state index in [2.05, 4.69) is 9.88 Å². The van der Waals surface area contributed by atoms with Gasteiger partial charge in [0.15, 0.2) is 15.2 Å². The van der Waals surface area contributed by atoms with Crippen LogP contribution in [0.25, 0.3) is 0 Å². The Labute approximate surface area is 108 Å². The van der Waals surface area contributed by atoms with Crippen molar-refractivity contribution in [1.29, 1.82) is 0 Å². The Balaban J connectivity index is 2.14. The highest BCUT2D eigenvalue weighted by atomic mass is 35.5. The maximum absolute atomic E-state index is 11.6. The summed E-state index contributed by atoms with van der Waals surface area (Å²) in [4.78, 5) is 18.2. The van der Waals surface area contributed by atoms with E-state index in [1.807, 2.05) is 0 Å². The van der Waals surface area contributed by atoms with Crippen molar-refractivity contribution >= 4 is 34.0 Å². The molecule has 1 aromatic rings. The summed E-state index contributed by atoms with van der Waals surface area (Å²) >= 11 is 7.20. The lowest BCUT2D eigenvalue weighted by Gasteiger charge is -2.25. The van der Waals surface area contributed by atoms with Gasteiger partial charge in [-0.15, -0.1) is 0 Å². The second kappa shape index (κ2) is 5.66. The molecule has 1 aliphatic heterocycles. The Kier molecular flexibility index (Phi) is 4.20. The highest BCUT2D eigenvalue weighted by Crippen LogP contribution is 2.30. The fraction of sp³-hybridized carbons (Fsp3) is 0.600. The molecule has 1 saturated heterocycles. The highest BCUT2D eigenvalue weighted by Gasteiger charge is 2.22. The van der Waals surface area contributed by atoms with Crippen molar-refractivity contribution in [2.24, 2.45) is 0 Å². The summed E-state index contributed by atoms with van der Waals surface area (Å²) < 4.78 is 10.2. The molecule has 0 radical (unpaired) electrons. The van der Waals surface area contributed by atoms with Crippen LogP contribution in [0.15, 0.2) is 0 Å². The third-order valence-corrected chi connectivity index (χ3v) is 3.80. The SMILES string of the molecule is CCOC(=O)c1sc(N2CCOCC2)nc1Cl. The minimum atomic E-state index is -0.408. The Bertz CT molecular complexity index is 404. The monoisotopic (exact) mass is 276 g/mol. The molecule has 5 nitrogen and oxygen atoms in total. The number of hydrogen-bond acceptors (Lipinski definition) is 6. The molecule has 7 heteroatoms. The topological polar surface area (TPSA) is 51.7 Å². The summed E-state index contributed by atoms with van der Waals surface area (Å²) in [5.74, 6) is -0.408. The lowest BCUT2D eigenvalue weighted by Crippen LogP contribution is -2.36. The molecule has 1 aliphatic rings. The lowest BCUT2D eigenvalue weighted by atomic mass is 10.5. The number of carbonyl (C=O) groups is 1. The smallest absolute Gasteiger partial charge is 0.351 e. The van der Waals surface area contributed by atoms with Crippen molar-refractivity contribution in [2.45, 2.75) is 6.92 Å². The molecule has 0 spiro atoms. The second-order valence-corrected chi connectivity index (χ2v) is 4.77. The van der Waals surface area contributed by atoms with Crippen LogP contribution >= 0.6 is 22.9 Å². The van der Waals surface area contributed by atoms with Crippen molar-refractivity contribution in [3.63, 3.8) is 0 Å². The zero-order chi connectivity index (χ0) is 12.3. The summed E-state index contributed by atoms with van der Waals surface area (Å²) in [6.07, 6.45) is 0. The fourth-order valence-corrected chi connectivity index (χ4v) is 2.73. The third-order valence-electron chi connectivity index (χ3n) is 2.32. The minimum absolute atomic E-state index is 0.218. The predicted molar refractivity (Wildman–Crippen MR) is 66.1 cm³/mol. The summed E-state index contributed by atoms with van der Waals surface area (Å²) in [7, 11) is 0. The van der Waals surface area contributed by atoms with Crippen molar-refractivity contribution in [1.82, 2.24) is 4.98 Å². The first-order chi connectivity index (χ1) is 8.22. The van der Waals surface area contributed by atoms with Crippen LogP contribution in [0, 0.1) is 0 Å². The molecule has 0 unspecified atom stereocenters. The number of rotatable bonds is 3. The molecule has 0 amide bonds. The van der Waals surface area contributed by atoms with Gasteiger partial charge in [0.25, 0.3) is 0 Å². The second-order valence-electron chi connectivity index (χ2n) is 3.44. The average molecular weight is 277 g/mol. The maximum atomic E-state index is 11.6. The van der Waals surface area contributed by atoms with E-state index in [0.29, 0.717) is 24.7 Å². The Morgan fingerprint density at radius 1 is 1.59 bits per heavy atom. The van der Waals surface area contributed by atoms with Gasteiger partial charge in [0.05, 0.1) is 19.8 Å². The number of nitrogens with zero attached hydrogens (tertiary/aromatic N) is 2. The van der Waals surface area contributed by atoms with Crippen LogP contribution in [0.4, 0.5) is 5.13 Å². The zero-order valence-electron chi connectivity index (χ0n) is 9.44. The minimum Gasteiger partial charge on any atom is -0.462 e. The molecule has 2 rings (SSSR count). The molecule has 1 fully saturated rings. The Morgan fingerprint density at radius 2 is 2.29 bits per heavy atom. The summed E-state index contributed by atoms with van der Waals surface area (Å²) in [5.41, 5.74) is 0. The first-order valence-corrected chi connectivity index (χ1v) is 6.58. The Hall–Kier alpha value is -0.850. The first kappa shape index (κ1) is 12.6. The molecular weight excluding hydrogens is 264 g/mol. The summed E-state index contributed by atoms with van der Waals surface area (Å²) in [6.45, 7) is 4.98. The number of carbonyl (C=O) groups excluding carboxylic acids is 1. The summed E-state index contributed by atoms with van der Waals surface area (Å²) in [5, 5.41) is 0.969. The third kappa shape index (κ3) is 2.88. The number of esters is 1. The highest BCUT2D eigenvalue weighted by molar-refractivity contribution is 7.18. The van der Waals surface area contributed by atoms with E-state index in [1.54, 1.807) is 6.92 Å². The van der Waals surface area contributed by atoms with E-state index >= 15 is 0 Å². The van der Waals surface area contributed by atoms with Crippen LogP contribution in [0.2, 0.25) is 5.15 Å². The van der Waals surface area contributed by atoms with Crippen LogP contribution < -0.4 is 4.90 Å². The molecular formula is C10H13ClN2O3S. The van der Waals surface area contributed by atoms with Crippen LogP contribution in [0.3, 0.4) is 0 Å². The van der Waals surface area contributed by atoms with Gasteiger partial charge in [-0.05, 0) is 6.92 Å².